The average Bonchev–Trinajstić information content (AvgIpc) is 2.59. The van der Waals surface area contributed by atoms with Crippen molar-refractivity contribution in [1.29, 1.82) is 0 Å². The molecule has 0 heterocycles. The lowest BCUT2D eigenvalue weighted by atomic mass is 9.86. The number of phenols is 2. The van der Waals surface area contributed by atoms with Gasteiger partial charge in [0.25, 0.3) is 0 Å². The number of rotatable bonds is 12. The molecule has 0 amide bonds. The van der Waals surface area contributed by atoms with E-state index in [4.69, 9.17) is 10.2 Å². The van der Waals surface area contributed by atoms with E-state index >= 15 is 0 Å². The molecule has 0 aliphatic heterocycles. The summed E-state index contributed by atoms with van der Waals surface area (Å²) >= 11 is 0. The van der Waals surface area contributed by atoms with E-state index in [2.05, 4.69) is 0 Å². The van der Waals surface area contributed by atoms with Gasteiger partial charge in [0.15, 0.2) is 0 Å². The van der Waals surface area contributed by atoms with Crippen molar-refractivity contribution in [3.05, 3.63) is 23.3 Å². The smallest absolute Gasteiger partial charge is 0.309 e. The van der Waals surface area contributed by atoms with Gasteiger partial charge in [-0.25, -0.2) is 0 Å². The summed E-state index contributed by atoms with van der Waals surface area (Å²) in [5, 5.41) is 38.9. The lowest BCUT2D eigenvalue weighted by Crippen LogP contribution is -2.23. The highest BCUT2D eigenvalue weighted by Crippen LogP contribution is 2.34. The number of aliphatic carboxylic acids is 2. The van der Waals surface area contributed by atoms with Crippen LogP contribution in [-0.2, 0) is 22.4 Å². The second-order valence-electron chi connectivity index (χ2n) is 8.86. The molecule has 28 heavy (non-hydrogen) atoms. The van der Waals surface area contributed by atoms with E-state index in [1.165, 1.54) is 0 Å². The minimum absolute atomic E-state index is 0.0470. The number of aryl methyl sites for hydroxylation is 1. The molecule has 1 aromatic carbocycles. The van der Waals surface area contributed by atoms with Gasteiger partial charge >= 0.3 is 11.9 Å². The summed E-state index contributed by atoms with van der Waals surface area (Å²) < 4.78 is 0. The minimum atomic E-state index is -0.828. The van der Waals surface area contributed by atoms with E-state index in [9.17, 15) is 19.8 Å². The largest absolute Gasteiger partial charge is 0.508 e. The van der Waals surface area contributed by atoms with Gasteiger partial charge in [0.1, 0.15) is 11.5 Å². The predicted octanol–water partition coefficient (Wildman–Crippen LogP) is 4.75. The van der Waals surface area contributed by atoms with Crippen molar-refractivity contribution < 1.29 is 30.0 Å². The maximum absolute atomic E-state index is 11.1. The zero-order chi connectivity index (χ0) is 21.5. The fourth-order valence-electron chi connectivity index (χ4n) is 3.09. The Balaban J connectivity index is 2.61. The van der Waals surface area contributed by atoms with Gasteiger partial charge in [-0.15, -0.1) is 0 Å². The first-order valence-corrected chi connectivity index (χ1v) is 9.88. The number of benzene rings is 1. The molecule has 0 aromatic heterocycles. The summed E-state index contributed by atoms with van der Waals surface area (Å²) in [6, 6.07) is 3.27. The fourth-order valence-corrected chi connectivity index (χ4v) is 3.09. The van der Waals surface area contributed by atoms with Crippen LogP contribution in [0.2, 0.25) is 0 Å². The second-order valence-corrected chi connectivity index (χ2v) is 8.86. The van der Waals surface area contributed by atoms with Crippen LogP contribution in [0.5, 0.6) is 11.5 Å². The van der Waals surface area contributed by atoms with E-state index < -0.39 is 22.8 Å². The maximum atomic E-state index is 11.1. The van der Waals surface area contributed by atoms with Crippen molar-refractivity contribution >= 4 is 11.9 Å². The van der Waals surface area contributed by atoms with Crippen molar-refractivity contribution in [2.75, 3.05) is 0 Å². The van der Waals surface area contributed by atoms with Crippen LogP contribution in [0.15, 0.2) is 12.1 Å². The Morgan fingerprint density at radius 1 is 0.786 bits per heavy atom. The molecule has 158 valence electrons. The molecule has 0 aliphatic carbocycles. The molecule has 0 fully saturated rings. The molecule has 4 N–H and O–H groups in total. The van der Waals surface area contributed by atoms with E-state index in [0.717, 1.165) is 18.4 Å². The van der Waals surface area contributed by atoms with Gasteiger partial charge in [0, 0.05) is 5.56 Å². The number of hydrogen-bond donors (Lipinski definition) is 4. The molecule has 0 saturated carbocycles. The Morgan fingerprint density at radius 3 is 1.71 bits per heavy atom. The Morgan fingerprint density at radius 2 is 1.25 bits per heavy atom. The third-order valence-corrected chi connectivity index (χ3v) is 5.48. The number of carbonyl (C=O) groups is 2. The minimum Gasteiger partial charge on any atom is -0.508 e. The second kappa shape index (κ2) is 9.80. The van der Waals surface area contributed by atoms with Gasteiger partial charge in [0.2, 0.25) is 0 Å². The molecule has 0 saturated heterocycles. The molecule has 0 radical (unpaired) electrons. The first kappa shape index (κ1) is 23.8. The highest BCUT2D eigenvalue weighted by Gasteiger charge is 2.27. The van der Waals surface area contributed by atoms with Crippen LogP contribution in [-0.4, -0.2) is 32.4 Å². The Bertz CT molecular complexity index is 691. The number of carboxylic acid groups (broad SMARTS) is 2. The van der Waals surface area contributed by atoms with Crippen molar-refractivity contribution in [1.82, 2.24) is 0 Å². The number of aromatic hydroxyl groups is 2. The SMILES string of the molecule is CC(C)(CCCCc1ccc(O)c(CCCCC(C)(C)C(=O)O)c1O)C(=O)O. The molecule has 0 unspecified atom stereocenters. The Hall–Kier alpha value is -2.24. The summed E-state index contributed by atoms with van der Waals surface area (Å²) in [6.45, 7) is 6.79. The highest BCUT2D eigenvalue weighted by molar-refractivity contribution is 5.73. The molecule has 6 nitrogen and oxygen atoms in total. The zero-order valence-corrected chi connectivity index (χ0v) is 17.4. The molecule has 6 heteroatoms. The van der Waals surface area contributed by atoms with Crippen molar-refractivity contribution in [3.8, 4) is 11.5 Å². The van der Waals surface area contributed by atoms with Crippen LogP contribution in [0, 0.1) is 10.8 Å². The first-order valence-electron chi connectivity index (χ1n) is 9.88. The average molecular weight is 395 g/mol. The molecule has 0 atom stereocenters. The van der Waals surface area contributed by atoms with E-state index in [1.54, 1.807) is 39.8 Å². The summed E-state index contributed by atoms with van der Waals surface area (Å²) in [6.07, 6.45) is 5.03. The molecular weight excluding hydrogens is 360 g/mol. The summed E-state index contributed by atoms with van der Waals surface area (Å²) in [7, 11) is 0. The Kier molecular flexibility index (Phi) is 8.33. The van der Waals surface area contributed by atoms with Crippen LogP contribution < -0.4 is 0 Å². The summed E-state index contributed by atoms with van der Waals surface area (Å²) in [5.74, 6) is -1.50. The van der Waals surface area contributed by atoms with Gasteiger partial charge < -0.3 is 20.4 Å². The summed E-state index contributed by atoms with van der Waals surface area (Å²) in [5.41, 5.74) is -0.301. The molecule has 1 aromatic rings. The molecule has 1 rings (SSSR count). The van der Waals surface area contributed by atoms with Crippen molar-refractivity contribution in [2.24, 2.45) is 10.8 Å². The van der Waals surface area contributed by atoms with Crippen molar-refractivity contribution in [3.63, 3.8) is 0 Å². The van der Waals surface area contributed by atoms with Crippen LogP contribution in [0.1, 0.15) is 77.3 Å². The number of phenolic OH excluding ortho intramolecular Hbond substituents is 2. The van der Waals surface area contributed by atoms with Gasteiger partial charge in [0.05, 0.1) is 10.8 Å². The van der Waals surface area contributed by atoms with E-state index in [1.807, 2.05) is 0 Å². The molecule has 0 spiro atoms. The third kappa shape index (κ3) is 6.73. The van der Waals surface area contributed by atoms with Gasteiger partial charge in [-0.3, -0.25) is 9.59 Å². The fraction of sp³-hybridized carbons (Fsp3) is 0.636. The number of hydrogen-bond acceptors (Lipinski definition) is 4. The lowest BCUT2D eigenvalue weighted by Gasteiger charge is -2.19. The van der Waals surface area contributed by atoms with Gasteiger partial charge in [-0.1, -0.05) is 18.9 Å². The van der Waals surface area contributed by atoms with E-state index in [-0.39, 0.29) is 11.5 Å². The van der Waals surface area contributed by atoms with Crippen molar-refractivity contribution in [2.45, 2.75) is 79.1 Å². The summed E-state index contributed by atoms with van der Waals surface area (Å²) in [4.78, 5) is 22.3. The maximum Gasteiger partial charge on any atom is 0.309 e. The Labute approximate surface area is 167 Å². The highest BCUT2D eigenvalue weighted by atomic mass is 16.4. The van der Waals surface area contributed by atoms with Crippen LogP contribution in [0.25, 0.3) is 0 Å². The zero-order valence-electron chi connectivity index (χ0n) is 17.4. The number of unbranched alkanes of at least 4 members (excludes halogenated alkanes) is 2. The van der Waals surface area contributed by atoms with Crippen LogP contribution in [0.4, 0.5) is 0 Å². The molecular formula is C22H34O6. The van der Waals surface area contributed by atoms with E-state index in [0.29, 0.717) is 44.1 Å². The van der Waals surface area contributed by atoms with Crippen LogP contribution in [0.3, 0.4) is 0 Å². The van der Waals surface area contributed by atoms with Gasteiger partial charge in [-0.05, 0) is 77.8 Å². The standard InChI is InChI=1S/C22H34O6/c1-21(2,19(25)26)13-7-5-9-15-11-12-17(23)16(18(15)24)10-6-8-14-22(3,4)20(27)28/h11-12,23-24H,5-10,13-14H2,1-4H3,(H,25,26)(H,27,28). The van der Waals surface area contributed by atoms with Gasteiger partial charge in [-0.2, -0.15) is 0 Å². The predicted molar refractivity (Wildman–Crippen MR) is 108 cm³/mol. The monoisotopic (exact) mass is 394 g/mol. The van der Waals surface area contributed by atoms with Crippen LogP contribution >= 0.6 is 0 Å². The molecule has 0 aliphatic rings. The normalized spacial score (nSPS) is 12.1. The first-order chi connectivity index (χ1) is 12.9. The quantitative estimate of drug-likeness (QED) is 0.380. The third-order valence-electron chi connectivity index (χ3n) is 5.48. The lowest BCUT2D eigenvalue weighted by molar-refractivity contribution is -0.148. The molecule has 0 bridgehead atoms. The number of carboxylic acids is 2. The topological polar surface area (TPSA) is 115 Å².